The normalized spacial score (nSPS) is 23.7. The van der Waals surface area contributed by atoms with Gasteiger partial charge in [0.05, 0.1) is 5.92 Å². The van der Waals surface area contributed by atoms with E-state index in [4.69, 9.17) is 28.3 Å². The third kappa shape index (κ3) is 3.18. The van der Waals surface area contributed by atoms with Gasteiger partial charge >= 0.3 is 5.97 Å². The van der Waals surface area contributed by atoms with Gasteiger partial charge in [-0.2, -0.15) is 0 Å². The maximum absolute atomic E-state index is 10.8. The van der Waals surface area contributed by atoms with Crippen molar-refractivity contribution in [2.24, 2.45) is 11.8 Å². The van der Waals surface area contributed by atoms with Gasteiger partial charge in [-0.3, -0.25) is 4.79 Å². The molecule has 0 heterocycles. The molecule has 0 saturated heterocycles. The highest BCUT2D eigenvalue weighted by Gasteiger charge is 2.43. The number of carboxylic acid groups (broad SMARTS) is 1. The van der Waals surface area contributed by atoms with Gasteiger partial charge in [-0.05, 0) is 54.9 Å². The monoisotopic (exact) mass is 286 g/mol. The molecule has 1 fully saturated rings. The molecule has 0 bridgehead atoms. The van der Waals surface area contributed by atoms with Gasteiger partial charge in [0, 0.05) is 10.0 Å². The minimum absolute atomic E-state index is 0.145. The van der Waals surface area contributed by atoms with Crippen molar-refractivity contribution in [3.05, 3.63) is 33.8 Å². The van der Waals surface area contributed by atoms with Crippen LogP contribution in [-0.4, -0.2) is 11.1 Å². The number of hydrogen-bond acceptors (Lipinski definition) is 1. The van der Waals surface area contributed by atoms with E-state index in [-0.39, 0.29) is 5.92 Å². The fraction of sp³-hybridized carbons (Fsp3) is 0.500. The smallest absolute Gasteiger partial charge is 0.306 e. The summed E-state index contributed by atoms with van der Waals surface area (Å²) >= 11 is 12.0. The lowest BCUT2D eigenvalue weighted by atomic mass is 9.90. The first-order valence-corrected chi connectivity index (χ1v) is 6.95. The Kier molecular flexibility index (Phi) is 4.18. The number of benzene rings is 1. The van der Waals surface area contributed by atoms with Crippen molar-refractivity contribution < 1.29 is 9.90 Å². The average molecular weight is 287 g/mol. The van der Waals surface area contributed by atoms with Crippen LogP contribution in [0.5, 0.6) is 0 Å². The summed E-state index contributed by atoms with van der Waals surface area (Å²) in [7, 11) is 0. The highest BCUT2D eigenvalue weighted by atomic mass is 35.5. The summed E-state index contributed by atoms with van der Waals surface area (Å²) in [6.07, 6.45) is 2.68. The predicted molar refractivity (Wildman–Crippen MR) is 73.3 cm³/mol. The van der Waals surface area contributed by atoms with E-state index in [0.717, 1.165) is 24.8 Å². The Morgan fingerprint density at radius 2 is 2.00 bits per heavy atom. The summed E-state index contributed by atoms with van der Waals surface area (Å²) in [4.78, 5) is 10.8. The van der Waals surface area contributed by atoms with Gasteiger partial charge in [-0.25, -0.2) is 0 Å². The Morgan fingerprint density at radius 1 is 1.39 bits per heavy atom. The zero-order valence-corrected chi connectivity index (χ0v) is 11.7. The van der Waals surface area contributed by atoms with Crippen molar-refractivity contribution >= 4 is 29.2 Å². The van der Waals surface area contributed by atoms with Crippen LogP contribution < -0.4 is 0 Å². The molecule has 2 nitrogen and oxygen atoms in total. The molecule has 1 N–H and O–H groups in total. The molecule has 3 unspecified atom stereocenters. The number of carboxylic acids is 1. The fourth-order valence-corrected chi connectivity index (χ4v) is 3.07. The van der Waals surface area contributed by atoms with E-state index >= 15 is 0 Å². The van der Waals surface area contributed by atoms with E-state index in [1.165, 1.54) is 0 Å². The quantitative estimate of drug-likeness (QED) is 0.859. The van der Waals surface area contributed by atoms with Crippen LogP contribution in [-0.2, 0) is 4.79 Å². The molecule has 3 atom stereocenters. The summed E-state index contributed by atoms with van der Waals surface area (Å²) in [5.41, 5.74) is 1.12. The van der Waals surface area contributed by atoms with Gasteiger partial charge in [0.2, 0.25) is 0 Å². The molecule has 1 aliphatic rings. The van der Waals surface area contributed by atoms with Crippen molar-refractivity contribution in [1.82, 2.24) is 0 Å². The molecule has 1 aliphatic carbocycles. The largest absolute Gasteiger partial charge is 0.481 e. The summed E-state index contributed by atoms with van der Waals surface area (Å²) in [5, 5.41) is 10.2. The van der Waals surface area contributed by atoms with Crippen LogP contribution in [0.1, 0.15) is 37.7 Å². The Morgan fingerprint density at radius 3 is 2.44 bits per heavy atom. The summed E-state index contributed by atoms with van der Waals surface area (Å²) in [5.74, 6) is -0.159. The molecule has 0 aromatic heterocycles. The van der Waals surface area contributed by atoms with Crippen LogP contribution >= 0.6 is 23.2 Å². The Bertz CT molecular complexity index is 439. The molecule has 1 aromatic rings. The van der Waals surface area contributed by atoms with E-state index in [9.17, 15) is 4.79 Å². The summed E-state index contributed by atoms with van der Waals surface area (Å²) in [6.45, 7) is 2.11. The van der Waals surface area contributed by atoms with Crippen molar-refractivity contribution in [2.75, 3.05) is 0 Å². The molecular formula is C14H16Cl2O2. The second kappa shape index (κ2) is 5.50. The maximum Gasteiger partial charge on any atom is 0.306 e. The SMILES string of the molecule is CCC(CC1CC1C(=O)O)c1cc(Cl)cc(Cl)c1. The first-order valence-electron chi connectivity index (χ1n) is 6.20. The molecule has 0 amide bonds. The highest BCUT2D eigenvalue weighted by molar-refractivity contribution is 6.34. The zero-order valence-electron chi connectivity index (χ0n) is 10.2. The second-order valence-corrected chi connectivity index (χ2v) is 5.86. The van der Waals surface area contributed by atoms with E-state index in [1.807, 2.05) is 12.1 Å². The number of aliphatic carboxylic acids is 1. The summed E-state index contributed by atoms with van der Waals surface area (Å²) in [6, 6.07) is 5.58. The number of rotatable bonds is 5. The first-order chi connectivity index (χ1) is 8.51. The lowest BCUT2D eigenvalue weighted by Gasteiger charge is -2.16. The Balaban J connectivity index is 2.07. The van der Waals surface area contributed by atoms with E-state index in [1.54, 1.807) is 6.07 Å². The highest BCUT2D eigenvalue weighted by Crippen LogP contribution is 2.46. The molecular weight excluding hydrogens is 271 g/mol. The number of carbonyl (C=O) groups is 1. The topological polar surface area (TPSA) is 37.3 Å². The molecule has 2 rings (SSSR count). The van der Waals surface area contributed by atoms with Crippen LogP contribution in [0.3, 0.4) is 0 Å². The molecule has 98 valence electrons. The van der Waals surface area contributed by atoms with Crippen LogP contribution in [0.4, 0.5) is 0 Å². The number of halogens is 2. The Labute approximate surface area is 117 Å². The van der Waals surface area contributed by atoms with Gasteiger partial charge < -0.3 is 5.11 Å². The third-order valence-corrected chi connectivity index (χ3v) is 4.11. The minimum Gasteiger partial charge on any atom is -0.481 e. The van der Waals surface area contributed by atoms with E-state index < -0.39 is 5.97 Å². The molecule has 4 heteroatoms. The van der Waals surface area contributed by atoms with Gasteiger partial charge in [0.15, 0.2) is 0 Å². The maximum atomic E-state index is 10.8. The third-order valence-electron chi connectivity index (χ3n) is 3.68. The lowest BCUT2D eigenvalue weighted by Crippen LogP contribution is -2.04. The van der Waals surface area contributed by atoms with Gasteiger partial charge in [-0.1, -0.05) is 30.1 Å². The predicted octanol–water partition coefficient (Wildman–Crippen LogP) is 4.60. The van der Waals surface area contributed by atoms with Crippen LogP contribution in [0.25, 0.3) is 0 Å². The van der Waals surface area contributed by atoms with Crippen LogP contribution in [0, 0.1) is 11.8 Å². The average Bonchev–Trinajstić information content (AvgIpc) is 3.03. The van der Waals surface area contributed by atoms with Crippen LogP contribution in [0.15, 0.2) is 18.2 Å². The fourth-order valence-electron chi connectivity index (χ4n) is 2.53. The molecule has 0 spiro atoms. The molecule has 0 radical (unpaired) electrons. The van der Waals surface area contributed by atoms with Crippen molar-refractivity contribution in [3.8, 4) is 0 Å². The van der Waals surface area contributed by atoms with Crippen molar-refractivity contribution in [2.45, 2.75) is 32.1 Å². The summed E-state index contributed by atoms with van der Waals surface area (Å²) < 4.78 is 0. The zero-order chi connectivity index (χ0) is 13.3. The standard InChI is InChI=1S/C14H16Cl2O2/c1-2-8(3-10-6-13(10)14(17)18)9-4-11(15)7-12(16)5-9/h4-5,7-8,10,13H,2-3,6H2,1H3,(H,17,18). The van der Waals surface area contributed by atoms with Crippen molar-refractivity contribution in [1.29, 1.82) is 0 Å². The van der Waals surface area contributed by atoms with Gasteiger partial charge in [0.25, 0.3) is 0 Å². The molecule has 1 aromatic carbocycles. The molecule has 0 aliphatic heterocycles. The van der Waals surface area contributed by atoms with Gasteiger partial charge in [-0.15, -0.1) is 0 Å². The van der Waals surface area contributed by atoms with Crippen LogP contribution in [0.2, 0.25) is 10.0 Å². The Hall–Kier alpha value is -0.730. The van der Waals surface area contributed by atoms with Gasteiger partial charge in [0.1, 0.15) is 0 Å². The van der Waals surface area contributed by atoms with E-state index in [2.05, 4.69) is 6.92 Å². The lowest BCUT2D eigenvalue weighted by molar-refractivity contribution is -0.138. The second-order valence-electron chi connectivity index (χ2n) is 4.98. The molecule has 1 saturated carbocycles. The molecule has 18 heavy (non-hydrogen) atoms. The first kappa shape index (κ1) is 13.7. The van der Waals surface area contributed by atoms with E-state index in [0.29, 0.717) is 21.9 Å². The minimum atomic E-state index is -0.668. The van der Waals surface area contributed by atoms with Crippen molar-refractivity contribution in [3.63, 3.8) is 0 Å². The number of hydrogen-bond donors (Lipinski definition) is 1.